The van der Waals surface area contributed by atoms with E-state index in [2.05, 4.69) is 41.9 Å². The normalized spacial score (nSPS) is 22.0. The van der Waals surface area contributed by atoms with Crippen molar-refractivity contribution in [3.63, 3.8) is 0 Å². The van der Waals surface area contributed by atoms with Gasteiger partial charge in [0.25, 0.3) is 0 Å². The van der Waals surface area contributed by atoms with Crippen molar-refractivity contribution in [1.29, 1.82) is 0 Å². The maximum Gasteiger partial charge on any atom is 0.155 e. The van der Waals surface area contributed by atoms with Crippen LogP contribution in [0.1, 0.15) is 13.8 Å². The molecule has 0 saturated carbocycles. The predicted molar refractivity (Wildman–Crippen MR) is 128 cm³/mol. The van der Waals surface area contributed by atoms with Crippen LogP contribution in [0.15, 0.2) is 88.5 Å². The Morgan fingerprint density at radius 2 is 1.94 bits per heavy atom. The van der Waals surface area contributed by atoms with Gasteiger partial charge in [-0.3, -0.25) is 9.98 Å². The molecule has 2 unspecified atom stereocenters. The van der Waals surface area contributed by atoms with E-state index in [9.17, 15) is 0 Å². The van der Waals surface area contributed by atoms with Crippen LogP contribution < -0.4 is 9.64 Å². The molecule has 0 radical (unpaired) electrons. The number of ether oxygens (including phenoxy) is 2. The van der Waals surface area contributed by atoms with Gasteiger partial charge in [0.2, 0.25) is 0 Å². The minimum absolute atomic E-state index is 0.0192. The number of hydrogen-bond acceptors (Lipinski definition) is 6. The molecular weight excluding hydrogens is 400 g/mol. The summed E-state index contributed by atoms with van der Waals surface area (Å²) in [6.45, 7) is 6.18. The number of methoxy groups -OCH3 is 1. The Morgan fingerprint density at radius 1 is 1.12 bits per heavy atom. The molecule has 3 aliphatic rings. The fourth-order valence-electron chi connectivity index (χ4n) is 4.48. The number of nitrogens with zero attached hydrogens (tertiary/aromatic N) is 4. The summed E-state index contributed by atoms with van der Waals surface area (Å²) in [5.74, 6) is 2.28. The molecule has 0 amide bonds. The zero-order valence-corrected chi connectivity index (χ0v) is 18.5. The molecule has 0 bridgehead atoms. The minimum Gasteiger partial charge on any atom is -0.500 e. The topological polar surface area (TPSA) is 59.3 Å². The molecule has 6 heteroatoms. The zero-order valence-electron chi connectivity index (χ0n) is 18.5. The Kier molecular flexibility index (Phi) is 5.35. The highest BCUT2D eigenvalue weighted by molar-refractivity contribution is 6.17. The Labute approximate surface area is 188 Å². The lowest BCUT2D eigenvalue weighted by Crippen LogP contribution is -2.39. The van der Waals surface area contributed by atoms with Crippen LogP contribution in [0.5, 0.6) is 5.75 Å². The lowest BCUT2D eigenvalue weighted by atomic mass is 9.75. The quantitative estimate of drug-likeness (QED) is 0.643. The second-order valence-corrected chi connectivity index (χ2v) is 7.84. The SMILES string of the molecule is CCN(CC)c1ccc2c(c1)OC1=CC(=Nc3ccncc3)C3C=CC=C(OC)C3C1=N2. The number of pyridine rings is 1. The number of anilines is 1. The third-order valence-electron chi connectivity index (χ3n) is 6.10. The molecule has 0 saturated heterocycles. The summed E-state index contributed by atoms with van der Waals surface area (Å²) in [6.07, 6.45) is 11.7. The van der Waals surface area contributed by atoms with Crippen LogP contribution in [0.4, 0.5) is 17.1 Å². The molecule has 2 aliphatic carbocycles. The van der Waals surface area contributed by atoms with Crippen molar-refractivity contribution in [3.8, 4) is 5.75 Å². The fraction of sp³-hybridized carbons (Fsp3) is 0.269. The number of benzene rings is 1. The first-order chi connectivity index (χ1) is 15.7. The second-order valence-electron chi connectivity index (χ2n) is 7.84. The minimum atomic E-state index is -0.0822. The van der Waals surface area contributed by atoms with Gasteiger partial charge in [-0.15, -0.1) is 0 Å². The number of aliphatic imine (C=N–C) groups is 2. The third-order valence-corrected chi connectivity index (χ3v) is 6.10. The summed E-state index contributed by atoms with van der Waals surface area (Å²) < 4.78 is 12.2. The number of aromatic nitrogens is 1. The van der Waals surface area contributed by atoms with Crippen molar-refractivity contribution in [2.75, 3.05) is 25.1 Å². The Morgan fingerprint density at radius 3 is 2.69 bits per heavy atom. The van der Waals surface area contributed by atoms with Crippen LogP contribution in [0.2, 0.25) is 0 Å². The Hall–Kier alpha value is -3.67. The average molecular weight is 427 g/mol. The summed E-state index contributed by atoms with van der Waals surface area (Å²) >= 11 is 0. The number of hydrogen-bond donors (Lipinski definition) is 0. The van der Waals surface area contributed by atoms with Crippen molar-refractivity contribution in [1.82, 2.24) is 4.98 Å². The van der Waals surface area contributed by atoms with E-state index >= 15 is 0 Å². The van der Waals surface area contributed by atoms with Crippen LogP contribution >= 0.6 is 0 Å². The molecule has 1 aromatic heterocycles. The molecule has 6 nitrogen and oxygen atoms in total. The van der Waals surface area contributed by atoms with Gasteiger partial charge >= 0.3 is 0 Å². The highest BCUT2D eigenvalue weighted by atomic mass is 16.5. The molecule has 0 fully saturated rings. The summed E-state index contributed by atoms with van der Waals surface area (Å²) in [5, 5.41) is 0. The number of rotatable bonds is 5. The summed E-state index contributed by atoms with van der Waals surface area (Å²) in [4.78, 5) is 16.3. The molecule has 2 atom stereocenters. The van der Waals surface area contributed by atoms with E-state index in [1.807, 2.05) is 36.4 Å². The van der Waals surface area contributed by atoms with E-state index in [0.717, 1.165) is 58.8 Å². The first kappa shape index (κ1) is 20.2. The zero-order chi connectivity index (χ0) is 22.1. The lowest BCUT2D eigenvalue weighted by molar-refractivity contribution is 0.251. The van der Waals surface area contributed by atoms with Gasteiger partial charge in [-0.25, -0.2) is 4.99 Å². The second kappa shape index (κ2) is 8.46. The summed E-state index contributed by atoms with van der Waals surface area (Å²) in [7, 11) is 1.70. The van der Waals surface area contributed by atoms with Crippen molar-refractivity contribution in [3.05, 3.63) is 78.5 Å². The molecule has 1 aromatic carbocycles. The molecular formula is C26H26N4O2. The van der Waals surface area contributed by atoms with Gasteiger partial charge in [-0.1, -0.05) is 12.2 Å². The van der Waals surface area contributed by atoms with E-state index in [1.54, 1.807) is 19.5 Å². The Bertz CT molecular complexity index is 1170. The Balaban J connectivity index is 1.62. The van der Waals surface area contributed by atoms with Crippen LogP contribution in [0.25, 0.3) is 0 Å². The van der Waals surface area contributed by atoms with Gasteiger partial charge in [0.1, 0.15) is 11.4 Å². The van der Waals surface area contributed by atoms with Gasteiger partial charge in [0, 0.05) is 49.2 Å². The fourth-order valence-corrected chi connectivity index (χ4v) is 4.48. The van der Waals surface area contributed by atoms with E-state index in [1.165, 1.54) is 0 Å². The third kappa shape index (κ3) is 3.51. The molecule has 162 valence electrons. The van der Waals surface area contributed by atoms with Crippen molar-refractivity contribution in [2.24, 2.45) is 21.8 Å². The van der Waals surface area contributed by atoms with E-state index in [0.29, 0.717) is 0 Å². The van der Waals surface area contributed by atoms with Gasteiger partial charge < -0.3 is 14.4 Å². The molecule has 2 heterocycles. The average Bonchev–Trinajstić information content (AvgIpc) is 2.84. The molecule has 2 aromatic rings. The highest BCUT2D eigenvalue weighted by Gasteiger charge is 2.41. The predicted octanol–water partition coefficient (Wildman–Crippen LogP) is 5.40. The first-order valence-electron chi connectivity index (χ1n) is 11.0. The smallest absolute Gasteiger partial charge is 0.155 e. The van der Waals surface area contributed by atoms with E-state index in [4.69, 9.17) is 19.5 Å². The van der Waals surface area contributed by atoms with Crippen molar-refractivity contribution >= 4 is 28.5 Å². The van der Waals surface area contributed by atoms with Gasteiger partial charge in [-0.05, 0) is 44.2 Å². The maximum absolute atomic E-state index is 6.43. The van der Waals surface area contributed by atoms with Gasteiger partial charge in [0.05, 0.1) is 30.1 Å². The molecule has 5 rings (SSSR count). The van der Waals surface area contributed by atoms with Crippen LogP contribution in [-0.2, 0) is 4.74 Å². The molecule has 0 spiro atoms. The molecule has 32 heavy (non-hydrogen) atoms. The van der Waals surface area contributed by atoms with Crippen LogP contribution in [0.3, 0.4) is 0 Å². The monoisotopic (exact) mass is 426 g/mol. The van der Waals surface area contributed by atoms with Gasteiger partial charge in [0.15, 0.2) is 11.5 Å². The maximum atomic E-state index is 6.43. The molecule has 1 aliphatic heterocycles. The molecule has 0 N–H and O–H groups in total. The lowest BCUT2D eigenvalue weighted by Gasteiger charge is -2.36. The largest absolute Gasteiger partial charge is 0.500 e. The van der Waals surface area contributed by atoms with E-state index in [-0.39, 0.29) is 11.8 Å². The highest BCUT2D eigenvalue weighted by Crippen LogP contribution is 2.44. The summed E-state index contributed by atoms with van der Waals surface area (Å²) in [6, 6.07) is 10.0. The first-order valence-corrected chi connectivity index (χ1v) is 11.0. The number of fused-ring (bicyclic) bond motifs is 4. The van der Waals surface area contributed by atoms with E-state index < -0.39 is 0 Å². The standard InChI is InChI=1S/C26H26N4O2/c1-4-30(5-2)18-9-10-20-23(15-18)32-24-16-21(28-17-11-13-27-14-12-17)19-7-6-8-22(31-3)25(19)26(24)29-20/h6-16,19,25H,4-5H2,1-3H3. The van der Waals surface area contributed by atoms with Crippen molar-refractivity contribution in [2.45, 2.75) is 13.8 Å². The van der Waals surface area contributed by atoms with Gasteiger partial charge in [-0.2, -0.15) is 0 Å². The number of allylic oxidation sites excluding steroid dienone is 6. The van der Waals surface area contributed by atoms with Crippen LogP contribution in [-0.4, -0.2) is 36.6 Å². The van der Waals surface area contributed by atoms with Crippen LogP contribution in [0, 0.1) is 11.8 Å². The summed E-state index contributed by atoms with van der Waals surface area (Å²) in [5.41, 5.74) is 4.62. The van der Waals surface area contributed by atoms with Crippen molar-refractivity contribution < 1.29 is 9.47 Å².